The molecule has 0 atom stereocenters. The van der Waals surface area contributed by atoms with Crippen molar-refractivity contribution in [3.8, 4) is 17.0 Å². The summed E-state index contributed by atoms with van der Waals surface area (Å²) in [4.78, 5) is 24.2. The molecule has 0 N–H and O–H groups in total. The largest absolute Gasteiger partial charge is 0.427 e. The lowest BCUT2D eigenvalue weighted by Crippen LogP contribution is -2.00. The fourth-order valence-electron chi connectivity index (χ4n) is 3.44. The van der Waals surface area contributed by atoms with Crippen LogP contribution in [-0.2, 0) is 11.3 Å². The molecule has 7 heteroatoms. The van der Waals surface area contributed by atoms with Crippen LogP contribution < -0.4 is 4.74 Å². The van der Waals surface area contributed by atoms with Crippen LogP contribution in [0.1, 0.15) is 5.56 Å². The molecular formula is C23H15ClN4O2. The van der Waals surface area contributed by atoms with Crippen molar-refractivity contribution in [1.29, 1.82) is 0 Å². The average Bonchev–Trinajstić information content (AvgIpc) is 3.17. The quantitative estimate of drug-likeness (QED) is 0.383. The van der Waals surface area contributed by atoms with Gasteiger partial charge in [0.25, 0.3) is 6.47 Å². The van der Waals surface area contributed by atoms with Gasteiger partial charge in [0.2, 0.25) is 0 Å². The lowest BCUT2D eigenvalue weighted by atomic mass is 10.1. The van der Waals surface area contributed by atoms with Crippen LogP contribution in [0.25, 0.3) is 33.3 Å². The van der Waals surface area contributed by atoms with E-state index in [2.05, 4.69) is 28.2 Å². The van der Waals surface area contributed by atoms with Crippen LogP contribution in [-0.4, -0.2) is 26.0 Å². The zero-order chi connectivity index (χ0) is 20.5. The Morgan fingerprint density at radius 1 is 1.00 bits per heavy atom. The summed E-state index contributed by atoms with van der Waals surface area (Å²) >= 11 is 6.21. The van der Waals surface area contributed by atoms with Gasteiger partial charge in [0.15, 0.2) is 5.65 Å². The van der Waals surface area contributed by atoms with Gasteiger partial charge in [-0.15, -0.1) is 0 Å². The molecule has 6 nitrogen and oxygen atoms in total. The molecule has 2 aromatic carbocycles. The average molecular weight is 415 g/mol. The van der Waals surface area contributed by atoms with Crippen LogP contribution in [0.3, 0.4) is 0 Å². The summed E-state index contributed by atoms with van der Waals surface area (Å²) < 4.78 is 6.87. The smallest absolute Gasteiger partial charge is 0.298 e. The number of halogens is 1. The minimum atomic E-state index is 0.312. The summed E-state index contributed by atoms with van der Waals surface area (Å²) in [6.07, 6.45) is 3.59. The van der Waals surface area contributed by atoms with Crippen LogP contribution >= 0.6 is 11.6 Å². The van der Waals surface area contributed by atoms with E-state index in [1.165, 1.54) is 0 Å². The predicted molar refractivity (Wildman–Crippen MR) is 116 cm³/mol. The zero-order valence-electron chi connectivity index (χ0n) is 15.7. The van der Waals surface area contributed by atoms with Gasteiger partial charge < -0.3 is 9.30 Å². The maximum atomic E-state index is 10.6. The molecule has 0 aliphatic rings. The third kappa shape index (κ3) is 3.38. The lowest BCUT2D eigenvalue weighted by Gasteiger charge is -2.08. The molecule has 3 heterocycles. The first kappa shape index (κ1) is 18.3. The number of carbonyl (C=O) groups is 1. The molecule has 0 saturated carbocycles. The highest BCUT2D eigenvalue weighted by molar-refractivity contribution is 6.32. The third-order valence-electron chi connectivity index (χ3n) is 4.89. The molecule has 0 unspecified atom stereocenters. The molecule has 0 spiro atoms. The Balaban J connectivity index is 1.51. The van der Waals surface area contributed by atoms with Gasteiger partial charge in [0, 0.05) is 17.1 Å². The van der Waals surface area contributed by atoms with Crippen molar-refractivity contribution in [2.75, 3.05) is 0 Å². The maximum absolute atomic E-state index is 10.6. The van der Waals surface area contributed by atoms with Crippen molar-refractivity contribution < 1.29 is 9.53 Å². The topological polar surface area (TPSA) is 69.9 Å². The van der Waals surface area contributed by atoms with Crippen molar-refractivity contribution >= 4 is 40.1 Å². The molecule has 5 rings (SSSR count). The number of pyridine rings is 2. The molecule has 5 aromatic rings. The van der Waals surface area contributed by atoms with Gasteiger partial charge in [0.1, 0.15) is 11.3 Å². The highest BCUT2D eigenvalue weighted by Crippen LogP contribution is 2.30. The van der Waals surface area contributed by atoms with Gasteiger partial charge in [-0.1, -0.05) is 23.7 Å². The van der Waals surface area contributed by atoms with Crippen molar-refractivity contribution in [1.82, 2.24) is 19.5 Å². The van der Waals surface area contributed by atoms with E-state index in [-0.39, 0.29) is 0 Å². The first-order chi connectivity index (χ1) is 14.7. The normalized spacial score (nSPS) is 11.1. The number of ether oxygens (including phenoxy) is 1. The summed E-state index contributed by atoms with van der Waals surface area (Å²) in [6, 6.07) is 19.2. The highest BCUT2D eigenvalue weighted by atomic mass is 35.5. The summed E-state index contributed by atoms with van der Waals surface area (Å²) in [5.74, 6) is 0.312. The third-order valence-corrected chi connectivity index (χ3v) is 5.18. The number of benzene rings is 2. The minimum Gasteiger partial charge on any atom is -0.427 e. The summed E-state index contributed by atoms with van der Waals surface area (Å²) in [7, 11) is 0. The second kappa shape index (κ2) is 7.57. The molecule has 3 aromatic heterocycles. The summed E-state index contributed by atoms with van der Waals surface area (Å²) in [5, 5.41) is 1.44. The van der Waals surface area contributed by atoms with Crippen LogP contribution in [0.15, 0.2) is 73.2 Å². The second-order valence-corrected chi connectivity index (χ2v) is 7.21. The van der Waals surface area contributed by atoms with E-state index in [0.29, 0.717) is 23.8 Å². The monoisotopic (exact) mass is 414 g/mol. The predicted octanol–water partition coefficient (Wildman–Crippen LogP) is 4.88. The molecule has 0 aliphatic heterocycles. The van der Waals surface area contributed by atoms with E-state index in [4.69, 9.17) is 21.3 Å². The molecule has 0 amide bonds. The van der Waals surface area contributed by atoms with Crippen molar-refractivity contribution in [3.63, 3.8) is 0 Å². The standard InChI is InChI=1S/C23H15ClN4O2/c24-18-11-17(4-8-22(18)30-14-29)20-6-7-21-23(27-20)28(13-26-21)12-15-3-5-19-16(10-15)2-1-9-25-19/h1-11,13-14H,12H2. The first-order valence-corrected chi connectivity index (χ1v) is 9.65. The molecular weight excluding hydrogens is 400 g/mol. The number of rotatable bonds is 5. The number of hydrogen-bond donors (Lipinski definition) is 0. The minimum absolute atomic E-state index is 0.312. The van der Waals surface area contributed by atoms with E-state index in [1.807, 2.05) is 34.9 Å². The van der Waals surface area contributed by atoms with E-state index in [0.717, 1.165) is 38.9 Å². The SMILES string of the molecule is O=COc1ccc(-c2ccc3ncn(Cc4ccc5ncccc5c4)c3n2)cc1Cl. The van der Waals surface area contributed by atoms with Crippen LogP contribution in [0.4, 0.5) is 0 Å². The molecule has 0 bridgehead atoms. The Hall–Kier alpha value is -3.77. The Bertz CT molecular complexity index is 1400. The van der Waals surface area contributed by atoms with Gasteiger partial charge in [-0.25, -0.2) is 9.97 Å². The number of aromatic nitrogens is 4. The van der Waals surface area contributed by atoms with E-state index >= 15 is 0 Å². The number of imidazole rings is 1. The number of nitrogens with zero attached hydrogens (tertiary/aromatic N) is 4. The van der Waals surface area contributed by atoms with Gasteiger partial charge >= 0.3 is 0 Å². The van der Waals surface area contributed by atoms with Gasteiger partial charge in [-0.05, 0) is 54.1 Å². The Morgan fingerprint density at radius 2 is 1.90 bits per heavy atom. The molecule has 146 valence electrons. The number of fused-ring (bicyclic) bond motifs is 2. The highest BCUT2D eigenvalue weighted by Gasteiger charge is 2.10. The first-order valence-electron chi connectivity index (χ1n) is 9.27. The Kier molecular flexibility index (Phi) is 4.61. The Morgan fingerprint density at radius 3 is 2.77 bits per heavy atom. The van der Waals surface area contributed by atoms with Gasteiger partial charge in [-0.2, -0.15) is 0 Å². The molecule has 0 saturated heterocycles. The second-order valence-electron chi connectivity index (χ2n) is 6.80. The van der Waals surface area contributed by atoms with E-state index < -0.39 is 0 Å². The molecule has 0 radical (unpaired) electrons. The van der Waals surface area contributed by atoms with Gasteiger partial charge in [-0.3, -0.25) is 9.78 Å². The maximum Gasteiger partial charge on any atom is 0.298 e. The lowest BCUT2D eigenvalue weighted by molar-refractivity contribution is -0.120. The van der Waals surface area contributed by atoms with Crippen molar-refractivity contribution in [2.45, 2.75) is 6.54 Å². The molecule has 0 aliphatic carbocycles. The number of hydrogen-bond acceptors (Lipinski definition) is 5. The fourth-order valence-corrected chi connectivity index (χ4v) is 3.67. The van der Waals surface area contributed by atoms with E-state index in [1.54, 1.807) is 24.7 Å². The van der Waals surface area contributed by atoms with E-state index in [9.17, 15) is 4.79 Å². The van der Waals surface area contributed by atoms with Gasteiger partial charge in [0.05, 0.1) is 29.1 Å². The summed E-state index contributed by atoms with van der Waals surface area (Å²) in [5.41, 5.74) is 5.28. The van der Waals surface area contributed by atoms with Crippen molar-refractivity contribution in [2.24, 2.45) is 0 Å². The molecule has 30 heavy (non-hydrogen) atoms. The Labute approximate surface area is 176 Å². The summed E-state index contributed by atoms with van der Waals surface area (Å²) in [6.45, 7) is 0.997. The van der Waals surface area contributed by atoms with Crippen LogP contribution in [0, 0.1) is 0 Å². The van der Waals surface area contributed by atoms with Crippen molar-refractivity contribution in [3.05, 3.63) is 83.8 Å². The molecule has 0 fully saturated rings. The number of carbonyl (C=O) groups excluding carboxylic acids is 1. The van der Waals surface area contributed by atoms with Crippen LogP contribution in [0.2, 0.25) is 5.02 Å². The zero-order valence-corrected chi connectivity index (χ0v) is 16.5. The van der Waals surface area contributed by atoms with Crippen LogP contribution in [0.5, 0.6) is 5.75 Å². The fraction of sp³-hybridized carbons (Fsp3) is 0.0435.